The molecule has 1 aromatic carbocycles. The van der Waals surface area contributed by atoms with E-state index >= 15 is 0 Å². The van der Waals surface area contributed by atoms with E-state index in [1.807, 2.05) is 18.7 Å². The van der Waals surface area contributed by atoms with Crippen molar-refractivity contribution in [2.75, 3.05) is 31.1 Å². The maximum absolute atomic E-state index is 12.5. The van der Waals surface area contributed by atoms with E-state index in [0.717, 1.165) is 44.0 Å². The van der Waals surface area contributed by atoms with Gasteiger partial charge in [-0.1, -0.05) is 12.1 Å². The number of nitrogens with one attached hydrogen (secondary N) is 1. The molecule has 3 rings (SSSR count). The summed E-state index contributed by atoms with van der Waals surface area (Å²) in [4.78, 5) is 16.8. The fourth-order valence-corrected chi connectivity index (χ4v) is 3.37. The Morgan fingerprint density at radius 1 is 1.17 bits per heavy atom. The number of nitrogens with zero attached hydrogens (tertiary/aromatic N) is 3. The van der Waals surface area contributed by atoms with Crippen molar-refractivity contribution in [3.8, 4) is 0 Å². The molecule has 1 aliphatic rings. The standard InChI is InChI=1S/C19H26N4O/c1-14-5-4-6-17(13-14)22-9-11-23(12-10-22)19(24)8-7-18-15(2)20-21-16(18)3/h4-6,13H,7-12H2,1-3H3,(H,20,21). The quantitative estimate of drug-likeness (QED) is 0.940. The predicted octanol–water partition coefficient (Wildman–Crippen LogP) is 2.62. The first-order valence-electron chi connectivity index (χ1n) is 8.64. The van der Waals surface area contributed by atoms with Gasteiger partial charge in [-0.15, -0.1) is 0 Å². The number of H-pyrrole nitrogens is 1. The van der Waals surface area contributed by atoms with Crippen LogP contribution in [-0.2, 0) is 11.2 Å². The topological polar surface area (TPSA) is 52.2 Å². The zero-order valence-electron chi connectivity index (χ0n) is 14.8. The second-order valence-corrected chi connectivity index (χ2v) is 6.62. The molecule has 1 saturated heterocycles. The molecule has 0 unspecified atom stereocenters. The Labute approximate surface area is 143 Å². The highest BCUT2D eigenvalue weighted by Gasteiger charge is 2.21. The predicted molar refractivity (Wildman–Crippen MR) is 96.4 cm³/mol. The average Bonchev–Trinajstić information content (AvgIpc) is 2.91. The molecule has 2 aromatic rings. The molecule has 0 bridgehead atoms. The van der Waals surface area contributed by atoms with E-state index in [-0.39, 0.29) is 5.91 Å². The molecule has 24 heavy (non-hydrogen) atoms. The molecule has 1 N–H and O–H groups in total. The summed E-state index contributed by atoms with van der Waals surface area (Å²) in [6, 6.07) is 8.57. The molecule has 1 fully saturated rings. The van der Waals surface area contributed by atoms with Crippen molar-refractivity contribution in [2.45, 2.75) is 33.6 Å². The van der Waals surface area contributed by atoms with Crippen LogP contribution in [0.4, 0.5) is 5.69 Å². The van der Waals surface area contributed by atoms with E-state index in [4.69, 9.17) is 0 Å². The SMILES string of the molecule is Cc1cccc(N2CCN(C(=O)CCc3c(C)n[nH]c3C)CC2)c1. The molecular weight excluding hydrogens is 300 g/mol. The number of aromatic amines is 1. The molecule has 5 nitrogen and oxygen atoms in total. The number of hydrogen-bond acceptors (Lipinski definition) is 3. The molecule has 0 aliphatic carbocycles. The molecule has 2 heterocycles. The van der Waals surface area contributed by atoms with Crippen LogP contribution >= 0.6 is 0 Å². The zero-order chi connectivity index (χ0) is 17.1. The summed E-state index contributed by atoms with van der Waals surface area (Å²) in [5.41, 5.74) is 5.79. The Bertz CT molecular complexity index is 694. The molecule has 128 valence electrons. The molecular formula is C19H26N4O. The summed E-state index contributed by atoms with van der Waals surface area (Å²) in [7, 11) is 0. The minimum absolute atomic E-state index is 0.249. The first kappa shape index (κ1) is 16.6. The lowest BCUT2D eigenvalue weighted by Crippen LogP contribution is -2.48. The number of hydrogen-bond donors (Lipinski definition) is 1. The summed E-state index contributed by atoms with van der Waals surface area (Å²) < 4.78 is 0. The van der Waals surface area contributed by atoms with Gasteiger partial charge in [-0.25, -0.2) is 0 Å². The number of amides is 1. The zero-order valence-corrected chi connectivity index (χ0v) is 14.8. The highest BCUT2D eigenvalue weighted by Crippen LogP contribution is 2.19. The van der Waals surface area contributed by atoms with E-state index in [1.165, 1.54) is 16.8 Å². The van der Waals surface area contributed by atoms with Gasteiger partial charge in [-0.05, 0) is 50.5 Å². The van der Waals surface area contributed by atoms with Gasteiger partial charge in [0.15, 0.2) is 0 Å². The number of carbonyl (C=O) groups excluding carboxylic acids is 1. The second kappa shape index (κ2) is 7.07. The summed E-state index contributed by atoms with van der Waals surface area (Å²) in [5, 5.41) is 7.19. The maximum Gasteiger partial charge on any atom is 0.223 e. The Morgan fingerprint density at radius 3 is 2.54 bits per heavy atom. The Morgan fingerprint density at radius 2 is 1.92 bits per heavy atom. The number of piperazine rings is 1. The van der Waals surface area contributed by atoms with Crippen molar-refractivity contribution in [1.82, 2.24) is 15.1 Å². The number of anilines is 1. The van der Waals surface area contributed by atoms with Crippen molar-refractivity contribution in [3.05, 3.63) is 46.8 Å². The fraction of sp³-hybridized carbons (Fsp3) is 0.474. The normalized spacial score (nSPS) is 15.0. The molecule has 1 aliphatic heterocycles. The minimum atomic E-state index is 0.249. The third-order valence-electron chi connectivity index (χ3n) is 4.87. The second-order valence-electron chi connectivity index (χ2n) is 6.62. The van der Waals surface area contributed by atoms with Gasteiger partial charge < -0.3 is 9.80 Å². The van der Waals surface area contributed by atoms with Crippen LogP contribution in [0.5, 0.6) is 0 Å². The van der Waals surface area contributed by atoms with Crippen LogP contribution in [-0.4, -0.2) is 47.2 Å². The van der Waals surface area contributed by atoms with Crippen LogP contribution in [0.1, 0.15) is 28.9 Å². The molecule has 0 spiro atoms. The molecule has 0 radical (unpaired) electrons. The van der Waals surface area contributed by atoms with Crippen molar-refractivity contribution in [1.29, 1.82) is 0 Å². The van der Waals surface area contributed by atoms with E-state index in [9.17, 15) is 4.79 Å². The summed E-state index contributed by atoms with van der Waals surface area (Å²) in [6.07, 6.45) is 1.33. The van der Waals surface area contributed by atoms with Gasteiger partial charge in [-0.2, -0.15) is 5.10 Å². The summed E-state index contributed by atoms with van der Waals surface area (Å²) >= 11 is 0. The van der Waals surface area contributed by atoms with Gasteiger partial charge in [0.25, 0.3) is 0 Å². The van der Waals surface area contributed by atoms with Crippen LogP contribution in [0.3, 0.4) is 0 Å². The molecule has 1 aromatic heterocycles. The van der Waals surface area contributed by atoms with Gasteiger partial charge in [0.2, 0.25) is 5.91 Å². The number of benzene rings is 1. The van der Waals surface area contributed by atoms with E-state index < -0.39 is 0 Å². The number of aromatic nitrogens is 2. The van der Waals surface area contributed by atoms with Crippen LogP contribution in [0.2, 0.25) is 0 Å². The molecule has 1 amide bonds. The van der Waals surface area contributed by atoms with E-state index in [0.29, 0.717) is 6.42 Å². The van der Waals surface area contributed by atoms with Crippen LogP contribution < -0.4 is 4.90 Å². The van der Waals surface area contributed by atoms with Crippen molar-refractivity contribution in [2.24, 2.45) is 0 Å². The minimum Gasteiger partial charge on any atom is -0.368 e. The monoisotopic (exact) mass is 326 g/mol. The lowest BCUT2D eigenvalue weighted by atomic mass is 10.1. The largest absolute Gasteiger partial charge is 0.368 e. The molecule has 0 saturated carbocycles. The van der Waals surface area contributed by atoms with Crippen molar-refractivity contribution < 1.29 is 4.79 Å². The maximum atomic E-state index is 12.5. The van der Waals surface area contributed by atoms with E-state index in [1.54, 1.807) is 0 Å². The highest BCUT2D eigenvalue weighted by atomic mass is 16.2. The number of rotatable bonds is 4. The third kappa shape index (κ3) is 3.61. The summed E-state index contributed by atoms with van der Waals surface area (Å²) in [6.45, 7) is 9.53. The highest BCUT2D eigenvalue weighted by molar-refractivity contribution is 5.77. The first-order chi connectivity index (χ1) is 11.5. The Kier molecular flexibility index (Phi) is 4.88. The lowest BCUT2D eigenvalue weighted by molar-refractivity contribution is -0.131. The lowest BCUT2D eigenvalue weighted by Gasteiger charge is -2.36. The first-order valence-corrected chi connectivity index (χ1v) is 8.64. The number of aryl methyl sites for hydroxylation is 3. The van der Waals surface area contributed by atoms with Gasteiger partial charge in [0.1, 0.15) is 0 Å². The van der Waals surface area contributed by atoms with Crippen LogP contribution in [0.15, 0.2) is 24.3 Å². The van der Waals surface area contributed by atoms with Gasteiger partial charge >= 0.3 is 0 Å². The smallest absolute Gasteiger partial charge is 0.223 e. The molecule has 5 heteroatoms. The van der Waals surface area contributed by atoms with Crippen LogP contribution in [0.25, 0.3) is 0 Å². The third-order valence-corrected chi connectivity index (χ3v) is 4.87. The van der Waals surface area contributed by atoms with Crippen LogP contribution in [0, 0.1) is 20.8 Å². The van der Waals surface area contributed by atoms with E-state index in [2.05, 4.69) is 46.3 Å². The van der Waals surface area contributed by atoms with Gasteiger partial charge in [0, 0.05) is 44.0 Å². The van der Waals surface area contributed by atoms with Gasteiger partial charge in [0.05, 0.1) is 5.69 Å². The van der Waals surface area contributed by atoms with Gasteiger partial charge in [-0.3, -0.25) is 9.89 Å². The summed E-state index contributed by atoms with van der Waals surface area (Å²) in [5.74, 6) is 0.249. The average molecular weight is 326 g/mol. The molecule has 0 atom stereocenters. The van der Waals surface area contributed by atoms with Crippen molar-refractivity contribution in [3.63, 3.8) is 0 Å². The Balaban J connectivity index is 1.52. The Hall–Kier alpha value is -2.30. The van der Waals surface area contributed by atoms with Crippen molar-refractivity contribution >= 4 is 11.6 Å². The number of carbonyl (C=O) groups is 1. The fourth-order valence-electron chi connectivity index (χ4n) is 3.37.